The highest BCUT2D eigenvalue weighted by molar-refractivity contribution is 7.99. The van der Waals surface area contributed by atoms with Crippen molar-refractivity contribution in [2.45, 2.75) is 25.8 Å². The minimum Gasteiger partial charge on any atom is -0.464 e. The van der Waals surface area contributed by atoms with Crippen LogP contribution < -0.4 is 0 Å². The molecule has 0 saturated carbocycles. The Hall–Kier alpha value is -1.20. The molecule has 0 radical (unpaired) electrons. The fraction of sp³-hybridized carbons (Fsp3) is 0.438. The smallest absolute Gasteiger partial charge is 0.223 e. The van der Waals surface area contributed by atoms with Gasteiger partial charge in [-0.2, -0.15) is 23.1 Å². The minimum atomic E-state index is 0.0902. The molecule has 112 valence electrons. The second-order valence-electron chi connectivity index (χ2n) is 5.26. The number of carbonyl (C=O) groups is 1. The number of thioether (sulfide) groups is 1. The van der Waals surface area contributed by atoms with E-state index in [-0.39, 0.29) is 11.9 Å². The van der Waals surface area contributed by atoms with E-state index in [0.29, 0.717) is 6.42 Å². The Morgan fingerprint density at radius 3 is 3.05 bits per heavy atom. The second-order valence-corrected chi connectivity index (χ2v) is 7.19. The summed E-state index contributed by atoms with van der Waals surface area (Å²) in [5.41, 5.74) is 1.25. The lowest BCUT2D eigenvalue weighted by Gasteiger charge is -2.34. The summed E-state index contributed by atoms with van der Waals surface area (Å²) in [6.07, 6.45) is 1.41. The maximum atomic E-state index is 12.6. The normalized spacial score (nSPS) is 18.9. The number of amides is 1. The third-order valence-electron chi connectivity index (χ3n) is 3.75. The molecule has 21 heavy (non-hydrogen) atoms. The first-order valence-corrected chi connectivity index (χ1v) is 9.28. The van der Waals surface area contributed by atoms with Crippen molar-refractivity contribution in [3.8, 4) is 0 Å². The van der Waals surface area contributed by atoms with Crippen LogP contribution in [0.15, 0.2) is 33.4 Å². The van der Waals surface area contributed by atoms with Crippen LogP contribution in [0.2, 0.25) is 0 Å². The van der Waals surface area contributed by atoms with Gasteiger partial charge in [-0.05, 0) is 47.9 Å². The zero-order valence-corrected chi connectivity index (χ0v) is 13.7. The molecule has 3 nitrogen and oxygen atoms in total. The van der Waals surface area contributed by atoms with Gasteiger partial charge in [-0.15, -0.1) is 0 Å². The fourth-order valence-electron chi connectivity index (χ4n) is 2.60. The number of rotatable bonds is 4. The van der Waals surface area contributed by atoms with Crippen LogP contribution in [0.5, 0.6) is 0 Å². The Morgan fingerprint density at radius 1 is 1.43 bits per heavy atom. The van der Waals surface area contributed by atoms with Crippen molar-refractivity contribution in [2.75, 3.05) is 18.1 Å². The highest BCUT2D eigenvalue weighted by Crippen LogP contribution is 2.31. The van der Waals surface area contributed by atoms with Gasteiger partial charge in [-0.1, -0.05) is 0 Å². The van der Waals surface area contributed by atoms with Gasteiger partial charge in [0.25, 0.3) is 0 Å². The lowest BCUT2D eigenvalue weighted by molar-refractivity contribution is -0.133. The standard InChI is InChI=1S/C16H19NO2S2/c1-12-2-4-15(19-12)14-11-21-9-7-17(14)16(18)5-3-13-6-8-20-10-13/h2,4,6,8,10,14H,3,5,7,9,11H2,1H3/t14-/m1/s1. The molecular weight excluding hydrogens is 302 g/mol. The fourth-order valence-corrected chi connectivity index (χ4v) is 4.36. The number of aryl methyl sites for hydroxylation is 2. The molecule has 3 rings (SSSR count). The maximum Gasteiger partial charge on any atom is 0.223 e. The quantitative estimate of drug-likeness (QED) is 0.856. The highest BCUT2D eigenvalue weighted by atomic mass is 32.2. The largest absolute Gasteiger partial charge is 0.464 e. The summed E-state index contributed by atoms with van der Waals surface area (Å²) in [4.78, 5) is 14.6. The van der Waals surface area contributed by atoms with Crippen molar-refractivity contribution in [1.82, 2.24) is 4.90 Å². The lowest BCUT2D eigenvalue weighted by atomic mass is 10.1. The number of hydrogen-bond donors (Lipinski definition) is 0. The summed E-state index contributed by atoms with van der Waals surface area (Å²) >= 11 is 3.58. The SMILES string of the molecule is Cc1ccc([C@H]2CSCCN2C(=O)CCc2ccsc2)o1. The molecule has 1 aliphatic rings. The number of nitrogens with zero attached hydrogens (tertiary/aromatic N) is 1. The van der Waals surface area contributed by atoms with Crippen LogP contribution in [-0.4, -0.2) is 28.9 Å². The molecule has 0 aromatic carbocycles. The van der Waals surface area contributed by atoms with E-state index in [9.17, 15) is 4.79 Å². The Morgan fingerprint density at radius 2 is 2.33 bits per heavy atom. The third-order valence-corrected chi connectivity index (χ3v) is 5.50. The van der Waals surface area contributed by atoms with Gasteiger partial charge in [0.15, 0.2) is 0 Å². The van der Waals surface area contributed by atoms with Crippen molar-refractivity contribution in [3.63, 3.8) is 0 Å². The summed E-state index contributed by atoms with van der Waals surface area (Å²) in [7, 11) is 0. The molecular formula is C16H19NO2S2. The molecule has 1 aliphatic heterocycles. The average Bonchev–Trinajstić information content (AvgIpc) is 3.16. The molecule has 1 fully saturated rings. The Balaban J connectivity index is 1.67. The van der Waals surface area contributed by atoms with Gasteiger partial charge >= 0.3 is 0 Å². The van der Waals surface area contributed by atoms with E-state index in [1.54, 1.807) is 11.3 Å². The predicted octanol–water partition coefficient (Wildman–Crippen LogP) is 3.90. The zero-order valence-electron chi connectivity index (χ0n) is 12.1. The van der Waals surface area contributed by atoms with Crippen molar-refractivity contribution in [2.24, 2.45) is 0 Å². The molecule has 0 bridgehead atoms. The molecule has 2 aromatic rings. The first-order chi connectivity index (χ1) is 10.2. The zero-order chi connectivity index (χ0) is 14.7. The molecule has 2 aromatic heterocycles. The molecule has 0 unspecified atom stereocenters. The van der Waals surface area contributed by atoms with E-state index in [1.165, 1.54) is 5.56 Å². The number of furan rings is 1. The van der Waals surface area contributed by atoms with Crippen LogP contribution in [0, 0.1) is 6.92 Å². The van der Waals surface area contributed by atoms with Gasteiger partial charge in [0.1, 0.15) is 11.5 Å². The van der Waals surface area contributed by atoms with E-state index in [4.69, 9.17) is 4.42 Å². The van der Waals surface area contributed by atoms with Crippen molar-refractivity contribution in [3.05, 3.63) is 46.0 Å². The summed E-state index contributed by atoms with van der Waals surface area (Å²) in [5, 5.41) is 4.18. The van der Waals surface area contributed by atoms with Crippen LogP contribution in [0.25, 0.3) is 0 Å². The van der Waals surface area contributed by atoms with Crippen molar-refractivity contribution >= 4 is 29.0 Å². The molecule has 3 heterocycles. The first-order valence-electron chi connectivity index (χ1n) is 7.18. The van der Waals surface area contributed by atoms with Gasteiger partial charge in [0.2, 0.25) is 5.91 Å². The van der Waals surface area contributed by atoms with Crippen LogP contribution in [-0.2, 0) is 11.2 Å². The minimum absolute atomic E-state index is 0.0902. The van der Waals surface area contributed by atoms with Gasteiger partial charge < -0.3 is 9.32 Å². The molecule has 5 heteroatoms. The number of carbonyl (C=O) groups excluding carboxylic acids is 1. The van der Waals surface area contributed by atoms with Crippen molar-refractivity contribution < 1.29 is 9.21 Å². The van der Waals surface area contributed by atoms with Gasteiger partial charge in [0.05, 0.1) is 6.04 Å². The molecule has 1 saturated heterocycles. The summed E-state index contributed by atoms with van der Waals surface area (Å²) in [6.45, 7) is 2.76. The topological polar surface area (TPSA) is 33.5 Å². The predicted molar refractivity (Wildman–Crippen MR) is 87.9 cm³/mol. The maximum absolute atomic E-state index is 12.6. The van der Waals surface area contributed by atoms with Crippen LogP contribution in [0.4, 0.5) is 0 Å². The monoisotopic (exact) mass is 321 g/mol. The van der Waals surface area contributed by atoms with E-state index in [0.717, 1.165) is 36.0 Å². The van der Waals surface area contributed by atoms with Gasteiger partial charge in [-0.3, -0.25) is 4.79 Å². The third kappa shape index (κ3) is 3.52. The molecule has 1 atom stereocenters. The number of hydrogen-bond acceptors (Lipinski definition) is 4. The second kappa shape index (κ2) is 6.71. The summed E-state index contributed by atoms with van der Waals surface area (Å²) in [5.74, 6) is 4.01. The van der Waals surface area contributed by atoms with E-state index < -0.39 is 0 Å². The Labute approximate surface area is 133 Å². The lowest BCUT2D eigenvalue weighted by Crippen LogP contribution is -2.40. The van der Waals surface area contributed by atoms with Crippen LogP contribution in [0.3, 0.4) is 0 Å². The highest BCUT2D eigenvalue weighted by Gasteiger charge is 2.30. The number of thiophene rings is 1. The van der Waals surface area contributed by atoms with Gasteiger partial charge in [0, 0.05) is 24.5 Å². The van der Waals surface area contributed by atoms with E-state index >= 15 is 0 Å². The van der Waals surface area contributed by atoms with E-state index in [1.807, 2.05) is 35.7 Å². The molecule has 0 N–H and O–H groups in total. The van der Waals surface area contributed by atoms with Gasteiger partial charge in [-0.25, -0.2) is 0 Å². The van der Waals surface area contributed by atoms with Crippen LogP contribution >= 0.6 is 23.1 Å². The molecule has 0 spiro atoms. The summed E-state index contributed by atoms with van der Waals surface area (Å²) in [6, 6.07) is 6.16. The van der Waals surface area contributed by atoms with Crippen LogP contribution in [0.1, 0.15) is 29.5 Å². The first kappa shape index (κ1) is 14.7. The molecule has 0 aliphatic carbocycles. The average molecular weight is 321 g/mol. The molecule has 1 amide bonds. The Kier molecular flexibility index (Phi) is 4.70. The Bertz CT molecular complexity index is 591. The summed E-state index contributed by atoms with van der Waals surface area (Å²) < 4.78 is 5.75. The van der Waals surface area contributed by atoms with Crippen molar-refractivity contribution in [1.29, 1.82) is 0 Å². The van der Waals surface area contributed by atoms with E-state index in [2.05, 4.69) is 16.8 Å².